The molecule has 6 nitrogen and oxygen atoms in total. The Hall–Kier alpha value is -2.08. The molecule has 6 heteroatoms. The van der Waals surface area contributed by atoms with Crippen LogP contribution >= 0.6 is 0 Å². The first-order chi connectivity index (χ1) is 11.1. The van der Waals surface area contributed by atoms with Gasteiger partial charge in [0.2, 0.25) is 0 Å². The van der Waals surface area contributed by atoms with E-state index in [4.69, 9.17) is 15.9 Å². The predicted octanol–water partition coefficient (Wildman–Crippen LogP) is 2.36. The third kappa shape index (κ3) is 4.71. The lowest BCUT2D eigenvalue weighted by molar-refractivity contribution is -0.154. The Morgan fingerprint density at radius 1 is 1.17 bits per heavy atom. The van der Waals surface area contributed by atoms with Crippen LogP contribution in [0.2, 0.25) is 0 Å². The minimum Gasteiger partial charge on any atom is -0.504 e. The Bertz CT molecular complexity index is 597. The topological polar surface area (TPSA) is 110 Å². The van der Waals surface area contributed by atoms with Crippen molar-refractivity contribution in [2.45, 2.75) is 40.5 Å². The summed E-state index contributed by atoms with van der Waals surface area (Å²) in [6.45, 7) is 8.31. The van der Waals surface area contributed by atoms with Crippen molar-refractivity contribution in [3.63, 3.8) is 0 Å². The van der Waals surface area contributed by atoms with Crippen molar-refractivity contribution in [3.8, 4) is 11.5 Å². The Morgan fingerprint density at radius 3 is 2.21 bits per heavy atom. The van der Waals surface area contributed by atoms with Crippen molar-refractivity contribution in [1.82, 2.24) is 0 Å². The number of carbonyl (C=O) groups is 2. The molecule has 4 N–H and O–H groups in total. The van der Waals surface area contributed by atoms with Crippen LogP contribution in [0.15, 0.2) is 18.2 Å². The third-order valence-corrected chi connectivity index (χ3v) is 4.55. The van der Waals surface area contributed by atoms with E-state index >= 15 is 0 Å². The van der Waals surface area contributed by atoms with Crippen LogP contribution < -0.4 is 5.73 Å². The van der Waals surface area contributed by atoms with Gasteiger partial charge in [-0.3, -0.25) is 9.59 Å². The molecule has 2 unspecified atom stereocenters. The molecule has 0 aliphatic carbocycles. The lowest BCUT2D eigenvalue weighted by atomic mass is 9.72. The standard InChI is InChI=1S/C10H16O3.C8H11NO2/c1-5-10(3,4)7-6(2)8(11)13-9(7)12;9-4-3-6-1-2-7(10)8(11)5-6/h6-7H,5H2,1-4H3;1-2,5,10-11H,3-4,9H2. The second-order valence-corrected chi connectivity index (χ2v) is 6.71. The van der Waals surface area contributed by atoms with Gasteiger partial charge in [0, 0.05) is 0 Å². The van der Waals surface area contributed by atoms with Gasteiger partial charge in [-0.05, 0) is 36.1 Å². The SMILES string of the molecule is CCC(C)(C)C1C(=O)OC(=O)C1C.NCCc1ccc(O)c(O)c1. The van der Waals surface area contributed by atoms with E-state index in [1.165, 1.54) is 12.1 Å². The van der Waals surface area contributed by atoms with Gasteiger partial charge >= 0.3 is 11.9 Å². The molecular weight excluding hydrogens is 310 g/mol. The second kappa shape index (κ2) is 8.15. The van der Waals surface area contributed by atoms with Crippen LogP contribution in [-0.2, 0) is 20.7 Å². The summed E-state index contributed by atoms with van der Waals surface area (Å²) in [7, 11) is 0. The van der Waals surface area contributed by atoms with Crippen molar-refractivity contribution in [3.05, 3.63) is 23.8 Å². The first kappa shape index (κ1) is 20.0. The van der Waals surface area contributed by atoms with E-state index in [1.54, 1.807) is 13.0 Å². The van der Waals surface area contributed by atoms with Gasteiger partial charge in [-0.2, -0.15) is 0 Å². The smallest absolute Gasteiger partial charge is 0.318 e. The van der Waals surface area contributed by atoms with E-state index in [0.29, 0.717) is 13.0 Å². The summed E-state index contributed by atoms with van der Waals surface area (Å²) in [4.78, 5) is 22.5. The van der Waals surface area contributed by atoms with Crippen molar-refractivity contribution < 1.29 is 24.5 Å². The fraction of sp³-hybridized carbons (Fsp3) is 0.556. The highest BCUT2D eigenvalue weighted by Gasteiger charge is 2.48. The van der Waals surface area contributed by atoms with Crippen LogP contribution in [0.3, 0.4) is 0 Å². The maximum absolute atomic E-state index is 11.4. The van der Waals surface area contributed by atoms with E-state index in [0.717, 1.165) is 12.0 Å². The van der Waals surface area contributed by atoms with Gasteiger partial charge < -0.3 is 20.7 Å². The summed E-state index contributed by atoms with van der Waals surface area (Å²) in [5.41, 5.74) is 6.09. The van der Waals surface area contributed by atoms with Gasteiger partial charge in [-0.15, -0.1) is 0 Å². The number of cyclic esters (lactones) is 2. The van der Waals surface area contributed by atoms with Crippen LogP contribution in [-0.4, -0.2) is 28.7 Å². The third-order valence-electron chi connectivity index (χ3n) is 4.55. The van der Waals surface area contributed by atoms with Crippen LogP contribution in [0.25, 0.3) is 0 Å². The van der Waals surface area contributed by atoms with E-state index in [2.05, 4.69) is 4.74 Å². The Kier molecular flexibility index (Phi) is 6.78. The zero-order valence-electron chi connectivity index (χ0n) is 14.7. The summed E-state index contributed by atoms with van der Waals surface area (Å²) in [6, 6.07) is 4.71. The molecular formula is C18H27NO5. The summed E-state index contributed by atoms with van der Waals surface area (Å²) >= 11 is 0. The van der Waals surface area contributed by atoms with Gasteiger partial charge in [0.15, 0.2) is 11.5 Å². The summed E-state index contributed by atoms with van der Waals surface area (Å²) in [6.07, 6.45) is 1.58. The number of nitrogens with two attached hydrogens (primary N) is 1. The summed E-state index contributed by atoms with van der Waals surface area (Å²) < 4.78 is 4.60. The number of aromatic hydroxyl groups is 2. The second-order valence-electron chi connectivity index (χ2n) is 6.71. The fourth-order valence-corrected chi connectivity index (χ4v) is 2.70. The molecule has 1 aromatic carbocycles. The summed E-state index contributed by atoms with van der Waals surface area (Å²) in [5, 5.41) is 18.0. The number of hydrogen-bond donors (Lipinski definition) is 3. The first-order valence-corrected chi connectivity index (χ1v) is 8.10. The zero-order valence-corrected chi connectivity index (χ0v) is 14.7. The molecule has 2 rings (SSSR count). The van der Waals surface area contributed by atoms with E-state index in [9.17, 15) is 9.59 Å². The number of esters is 2. The largest absolute Gasteiger partial charge is 0.504 e. The van der Waals surface area contributed by atoms with Crippen molar-refractivity contribution in [1.29, 1.82) is 0 Å². The van der Waals surface area contributed by atoms with Crippen LogP contribution in [0, 0.1) is 17.3 Å². The lowest BCUT2D eigenvalue weighted by Gasteiger charge is -2.28. The quantitative estimate of drug-likeness (QED) is 0.442. The van der Waals surface area contributed by atoms with Crippen molar-refractivity contribution in [2.24, 2.45) is 23.0 Å². The van der Waals surface area contributed by atoms with Gasteiger partial charge in [-0.25, -0.2) is 0 Å². The molecule has 1 aliphatic rings. The monoisotopic (exact) mass is 337 g/mol. The highest BCUT2D eigenvalue weighted by Crippen LogP contribution is 2.40. The van der Waals surface area contributed by atoms with Crippen molar-refractivity contribution in [2.75, 3.05) is 6.54 Å². The van der Waals surface area contributed by atoms with Gasteiger partial charge in [-0.1, -0.05) is 40.2 Å². The van der Waals surface area contributed by atoms with E-state index in [-0.39, 0.29) is 40.7 Å². The number of hydrogen-bond acceptors (Lipinski definition) is 6. The number of ether oxygens (including phenoxy) is 1. The number of benzene rings is 1. The molecule has 134 valence electrons. The molecule has 24 heavy (non-hydrogen) atoms. The van der Waals surface area contributed by atoms with Crippen LogP contribution in [0.5, 0.6) is 11.5 Å². The molecule has 1 aromatic rings. The Morgan fingerprint density at radius 2 is 1.79 bits per heavy atom. The molecule has 1 fully saturated rings. The Balaban J connectivity index is 0.000000243. The van der Waals surface area contributed by atoms with Gasteiger partial charge in [0.05, 0.1) is 11.8 Å². The molecule has 0 aromatic heterocycles. The average Bonchev–Trinajstić information content (AvgIpc) is 2.77. The van der Waals surface area contributed by atoms with E-state index < -0.39 is 0 Å². The van der Waals surface area contributed by atoms with Gasteiger partial charge in [0.25, 0.3) is 0 Å². The number of phenolic OH excluding ortho intramolecular Hbond substituents is 2. The maximum atomic E-state index is 11.4. The van der Waals surface area contributed by atoms with Crippen LogP contribution in [0.4, 0.5) is 0 Å². The molecule has 0 spiro atoms. The van der Waals surface area contributed by atoms with Crippen LogP contribution in [0.1, 0.15) is 39.7 Å². The predicted molar refractivity (Wildman–Crippen MR) is 90.4 cm³/mol. The normalized spacial score (nSPS) is 20.4. The summed E-state index contributed by atoms with van der Waals surface area (Å²) in [5.74, 6) is -1.48. The average molecular weight is 337 g/mol. The minimum atomic E-state index is -0.378. The van der Waals surface area contributed by atoms with E-state index in [1.807, 2.05) is 20.8 Å². The van der Waals surface area contributed by atoms with Gasteiger partial charge in [0.1, 0.15) is 0 Å². The highest BCUT2D eigenvalue weighted by atomic mass is 16.6. The number of rotatable bonds is 4. The fourth-order valence-electron chi connectivity index (χ4n) is 2.70. The minimum absolute atomic E-state index is 0.0871. The molecule has 2 atom stereocenters. The molecule has 1 saturated heterocycles. The molecule has 0 radical (unpaired) electrons. The Labute approximate surface area is 142 Å². The zero-order chi connectivity index (χ0) is 18.5. The number of carbonyl (C=O) groups excluding carboxylic acids is 2. The molecule has 0 bridgehead atoms. The molecule has 0 amide bonds. The number of phenols is 2. The first-order valence-electron chi connectivity index (χ1n) is 8.10. The molecule has 1 aliphatic heterocycles. The maximum Gasteiger partial charge on any atom is 0.318 e. The molecule has 1 heterocycles. The highest BCUT2D eigenvalue weighted by molar-refractivity contribution is 5.96. The lowest BCUT2D eigenvalue weighted by Crippen LogP contribution is -2.31. The van der Waals surface area contributed by atoms with Crippen molar-refractivity contribution >= 4 is 11.9 Å². The molecule has 0 saturated carbocycles.